The van der Waals surface area contributed by atoms with E-state index in [1.54, 1.807) is 29.6 Å². The molecule has 0 unspecified atom stereocenters. The fraction of sp³-hybridized carbons (Fsp3) is 0.105. The van der Waals surface area contributed by atoms with E-state index in [0.29, 0.717) is 16.5 Å². The van der Waals surface area contributed by atoms with Gasteiger partial charge in [0.2, 0.25) is 5.91 Å². The van der Waals surface area contributed by atoms with Gasteiger partial charge in [-0.2, -0.15) is 0 Å². The summed E-state index contributed by atoms with van der Waals surface area (Å²) >= 11 is 1.21. The summed E-state index contributed by atoms with van der Waals surface area (Å²) in [5.41, 5.74) is 2.25. The Kier molecular flexibility index (Phi) is 5.83. The Bertz CT molecular complexity index is 1020. The molecule has 0 atom stereocenters. The second-order valence-electron chi connectivity index (χ2n) is 5.82. The summed E-state index contributed by atoms with van der Waals surface area (Å²) < 4.78 is 40.3. The number of halogens is 3. The number of rotatable bonds is 5. The highest BCUT2D eigenvalue weighted by molar-refractivity contribution is 7.14. The fourth-order valence-electron chi connectivity index (χ4n) is 2.37. The van der Waals surface area contributed by atoms with Gasteiger partial charge in [0.25, 0.3) is 5.91 Å². The van der Waals surface area contributed by atoms with Crippen LogP contribution >= 0.6 is 11.3 Å². The number of anilines is 2. The molecule has 2 aromatic carbocycles. The van der Waals surface area contributed by atoms with Gasteiger partial charge in [-0.1, -0.05) is 12.1 Å². The summed E-state index contributed by atoms with van der Waals surface area (Å²) in [5, 5.41) is 7.36. The predicted octanol–water partition coefficient (Wildman–Crippen LogP) is 4.92. The van der Waals surface area contributed by atoms with Gasteiger partial charge in [-0.25, -0.2) is 4.98 Å². The number of aromatic nitrogens is 1. The molecule has 0 aliphatic carbocycles. The summed E-state index contributed by atoms with van der Waals surface area (Å²) in [7, 11) is 0. The molecule has 0 saturated carbocycles. The van der Waals surface area contributed by atoms with Crippen molar-refractivity contribution in [1.29, 1.82) is 0 Å². The van der Waals surface area contributed by atoms with E-state index in [1.807, 2.05) is 0 Å². The summed E-state index contributed by atoms with van der Waals surface area (Å²) in [4.78, 5) is 27.6. The Hall–Kier alpha value is -3.40. The highest BCUT2D eigenvalue weighted by atomic mass is 32.1. The molecule has 0 spiro atoms. The lowest BCUT2D eigenvalue weighted by atomic mass is 10.1. The number of ether oxygens (including phenoxy) is 1. The fourth-order valence-corrected chi connectivity index (χ4v) is 3.08. The molecule has 3 aromatic rings. The van der Waals surface area contributed by atoms with Crippen LogP contribution in [0, 0.1) is 0 Å². The van der Waals surface area contributed by atoms with Crippen LogP contribution in [0.3, 0.4) is 0 Å². The Balaban J connectivity index is 1.65. The molecule has 0 aliphatic rings. The molecule has 29 heavy (non-hydrogen) atoms. The highest BCUT2D eigenvalue weighted by Gasteiger charge is 2.31. The Labute approximate surface area is 167 Å². The molecule has 0 aliphatic heterocycles. The lowest BCUT2D eigenvalue weighted by Gasteiger charge is -2.09. The van der Waals surface area contributed by atoms with Gasteiger partial charge in [0, 0.05) is 29.1 Å². The third kappa shape index (κ3) is 5.79. The molecule has 1 heterocycles. The maximum absolute atomic E-state index is 12.3. The molecular weight excluding hydrogens is 407 g/mol. The van der Waals surface area contributed by atoms with Crippen molar-refractivity contribution in [2.24, 2.45) is 0 Å². The first-order valence-electron chi connectivity index (χ1n) is 8.20. The lowest BCUT2D eigenvalue weighted by molar-refractivity contribution is -0.274. The predicted molar refractivity (Wildman–Crippen MR) is 103 cm³/mol. The first-order chi connectivity index (χ1) is 13.7. The number of hydrogen-bond donors (Lipinski definition) is 2. The number of nitrogens with one attached hydrogen (secondary N) is 2. The summed E-state index contributed by atoms with van der Waals surface area (Å²) in [6, 6.07) is 11.6. The van der Waals surface area contributed by atoms with Crippen molar-refractivity contribution in [3.63, 3.8) is 0 Å². The summed E-state index contributed by atoms with van der Waals surface area (Å²) in [6.45, 7) is 1.42. The minimum absolute atomic E-state index is 0.163. The van der Waals surface area contributed by atoms with Crippen LogP contribution in [0.4, 0.5) is 24.0 Å². The average Bonchev–Trinajstić information content (AvgIpc) is 3.09. The first kappa shape index (κ1) is 20.3. The van der Waals surface area contributed by atoms with E-state index in [-0.39, 0.29) is 11.5 Å². The van der Waals surface area contributed by atoms with Crippen molar-refractivity contribution >= 4 is 34.0 Å². The van der Waals surface area contributed by atoms with Crippen LogP contribution < -0.4 is 15.4 Å². The van der Waals surface area contributed by atoms with Crippen LogP contribution in [-0.4, -0.2) is 23.2 Å². The number of carbonyl (C=O) groups is 2. The molecule has 3 rings (SSSR count). The largest absolute Gasteiger partial charge is 0.573 e. The zero-order valence-corrected chi connectivity index (χ0v) is 15.7. The average molecular weight is 421 g/mol. The Morgan fingerprint density at radius 1 is 1.00 bits per heavy atom. The van der Waals surface area contributed by atoms with Crippen molar-refractivity contribution in [1.82, 2.24) is 4.98 Å². The summed E-state index contributed by atoms with van der Waals surface area (Å²) in [5.74, 6) is -1.09. The van der Waals surface area contributed by atoms with Crippen molar-refractivity contribution in [3.05, 3.63) is 59.5 Å². The second-order valence-corrected chi connectivity index (χ2v) is 6.68. The molecule has 1 aromatic heterocycles. The van der Waals surface area contributed by atoms with E-state index in [2.05, 4.69) is 20.4 Å². The van der Waals surface area contributed by atoms with Gasteiger partial charge in [0.15, 0.2) is 5.13 Å². The quantitative estimate of drug-likeness (QED) is 0.613. The molecule has 0 bridgehead atoms. The third-order valence-electron chi connectivity index (χ3n) is 3.58. The third-order valence-corrected chi connectivity index (χ3v) is 4.33. The molecule has 2 amide bonds. The van der Waals surface area contributed by atoms with Crippen molar-refractivity contribution in [3.8, 4) is 17.0 Å². The Morgan fingerprint density at radius 3 is 2.24 bits per heavy atom. The number of thiazole rings is 1. The van der Waals surface area contributed by atoms with Crippen LogP contribution in [-0.2, 0) is 4.79 Å². The standard InChI is InChI=1S/C19H14F3N3O3S/c1-11(26)23-14-6-2-12(3-7-14)16-10-29-18(24-16)25-17(27)13-4-8-15(9-5-13)28-19(20,21)22/h2-10H,1H3,(H,23,26)(H,24,25,27). The second kappa shape index (κ2) is 8.31. The van der Waals surface area contributed by atoms with E-state index in [9.17, 15) is 22.8 Å². The topological polar surface area (TPSA) is 80.3 Å². The number of benzene rings is 2. The minimum atomic E-state index is -4.79. The van der Waals surface area contributed by atoms with Gasteiger partial charge in [0.05, 0.1) is 5.69 Å². The smallest absolute Gasteiger partial charge is 0.406 e. The number of hydrogen-bond acceptors (Lipinski definition) is 5. The zero-order chi connectivity index (χ0) is 21.0. The van der Waals surface area contributed by atoms with Gasteiger partial charge < -0.3 is 10.1 Å². The molecule has 0 fully saturated rings. The van der Waals surface area contributed by atoms with E-state index in [1.165, 1.54) is 30.4 Å². The van der Waals surface area contributed by atoms with Crippen molar-refractivity contribution < 1.29 is 27.5 Å². The highest BCUT2D eigenvalue weighted by Crippen LogP contribution is 2.27. The molecule has 10 heteroatoms. The maximum Gasteiger partial charge on any atom is 0.573 e. The lowest BCUT2D eigenvalue weighted by Crippen LogP contribution is -2.17. The van der Waals surface area contributed by atoms with Crippen LogP contribution in [0.25, 0.3) is 11.3 Å². The molecular formula is C19H14F3N3O3S. The zero-order valence-electron chi connectivity index (χ0n) is 14.9. The van der Waals surface area contributed by atoms with Crippen LogP contribution in [0.5, 0.6) is 5.75 Å². The molecule has 150 valence electrons. The van der Waals surface area contributed by atoms with Crippen LogP contribution in [0.2, 0.25) is 0 Å². The van der Waals surface area contributed by atoms with E-state index in [4.69, 9.17) is 0 Å². The van der Waals surface area contributed by atoms with Crippen LogP contribution in [0.1, 0.15) is 17.3 Å². The Morgan fingerprint density at radius 2 is 1.66 bits per heavy atom. The van der Waals surface area contributed by atoms with Crippen molar-refractivity contribution in [2.45, 2.75) is 13.3 Å². The molecule has 0 saturated heterocycles. The molecule has 6 nitrogen and oxygen atoms in total. The molecule has 2 N–H and O–H groups in total. The summed E-state index contributed by atoms with van der Waals surface area (Å²) in [6.07, 6.45) is -4.79. The molecule has 0 radical (unpaired) electrons. The maximum atomic E-state index is 12.3. The normalized spacial score (nSPS) is 11.0. The van der Waals surface area contributed by atoms with E-state index >= 15 is 0 Å². The number of nitrogens with zero attached hydrogens (tertiary/aromatic N) is 1. The monoisotopic (exact) mass is 421 g/mol. The SMILES string of the molecule is CC(=O)Nc1ccc(-c2csc(NC(=O)c3ccc(OC(F)(F)F)cc3)n2)cc1. The number of alkyl halides is 3. The van der Waals surface area contributed by atoms with Gasteiger partial charge in [-0.15, -0.1) is 24.5 Å². The van der Waals surface area contributed by atoms with Gasteiger partial charge >= 0.3 is 6.36 Å². The van der Waals surface area contributed by atoms with Gasteiger partial charge in [0.1, 0.15) is 5.75 Å². The minimum Gasteiger partial charge on any atom is -0.406 e. The van der Waals surface area contributed by atoms with E-state index in [0.717, 1.165) is 17.7 Å². The van der Waals surface area contributed by atoms with Crippen LogP contribution in [0.15, 0.2) is 53.9 Å². The number of carbonyl (C=O) groups excluding carboxylic acids is 2. The van der Waals surface area contributed by atoms with Gasteiger partial charge in [-0.05, 0) is 36.4 Å². The van der Waals surface area contributed by atoms with Gasteiger partial charge in [-0.3, -0.25) is 14.9 Å². The number of amides is 2. The first-order valence-corrected chi connectivity index (χ1v) is 9.08. The van der Waals surface area contributed by atoms with Crippen molar-refractivity contribution in [2.75, 3.05) is 10.6 Å². The van der Waals surface area contributed by atoms with E-state index < -0.39 is 18.0 Å².